The molecular weight excluding hydrogens is 176 g/mol. The van der Waals surface area contributed by atoms with Crippen LogP contribution in [0.1, 0.15) is 12.0 Å². The van der Waals surface area contributed by atoms with E-state index in [9.17, 15) is 0 Å². The van der Waals surface area contributed by atoms with Crippen molar-refractivity contribution in [1.82, 2.24) is 0 Å². The molecule has 1 aliphatic heterocycles. The third-order valence-corrected chi connectivity index (χ3v) is 2.27. The third-order valence-electron chi connectivity index (χ3n) is 2.27. The molecule has 0 fully saturated rings. The molecule has 0 saturated carbocycles. The summed E-state index contributed by atoms with van der Waals surface area (Å²) in [5.41, 5.74) is 1.21. The van der Waals surface area contributed by atoms with Crippen LogP contribution in [0.2, 0.25) is 0 Å². The summed E-state index contributed by atoms with van der Waals surface area (Å²) < 4.78 is 11.1. The second kappa shape index (κ2) is 4.18. The lowest BCUT2D eigenvalue weighted by Crippen LogP contribution is -2.16. The predicted molar refractivity (Wildman–Crippen MR) is 56.0 cm³/mol. The Morgan fingerprint density at radius 2 is 2.14 bits per heavy atom. The van der Waals surface area contributed by atoms with Gasteiger partial charge in [0.15, 0.2) is 11.5 Å². The van der Waals surface area contributed by atoms with Crippen LogP contribution in [-0.2, 0) is 6.42 Å². The highest BCUT2D eigenvalue weighted by molar-refractivity contribution is 5.47. The van der Waals surface area contributed by atoms with E-state index in [2.05, 4.69) is 12.6 Å². The number of hydrogen-bond acceptors (Lipinski definition) is 2. The molecule has 2 nitrogen and oxygen atoms in total. The first-order valence-corrected chi connectivity index (χ1v) is 4.90. The van der Waals surface area contributed by atoms with Crippen LogP contribution in [0.3, 0.4) is 0 Å². The Labute approximate surface area is 84.2 Å². The minimum Gasteiger partial charge on any atom is -0.486 e. The maximum Gasteiger partial charge on any atom is 0.164 e. The van der Waals surface area contributed by atoms with Gasteiger partial charge in [-0.1, -0.05) is 18.2 Å². The molecule has 2 rings (SSSR count). The Morgan fingerprint density at radius 1 is 1.29 bits per heavy atom. The Balaban J connectivity index is 2.25. The molecule has 1 heterocycles. The van der Waals surface area contributed by atoms with E-state index in [1.54, 1.807) is 0 Å². The van der Waals surface area contributed by atoms with Crippen molar-refractivity contribution in [3.8, 4) is 11.5 Å². The van der Waals surface area contributed by atoms with Crippen LogP contribution < -0.4 is 9.47 Å². The van der Waals surface area contributed by atoms with E-state index in [1.807, 2.05) is 18.2 Å². The predicted octanol–water partition coefficient (Wildman–Crippen LogP) is 2.58. The van der Waals surface area contributed by atoms with Crippen LogP contribution in [0.4, 0.5) is 0 Å². The summed E-state index contributed by atoms with van der Waals surface area (Å²) >= 11 is 0. The second-order valence-corrected chi connectivity index (χ2v) is 3.27. The van der Waals surface area contributed by atoms with Crippen molar-refractivity contribution in [2.24, 2.45) is 0 Å². The van der Waals surface area contributed by atoms with Crippen LogP contribution in [0.25, 0.3) is 0 Å². The SMILES string of the molecule is C=CCCc1cccc2c1OCCO2. The van der Waals surface area contributed by atoms with E-state index in [0.717, 1.165) is 24.3 Å². The molecular formula is C12H14O2. The maximum absolute atomic E-state index is 5.59. The van der Waals surface area contributed by atoms with E-state index < -0.39 is 0 Å². The molecule has 0 amide bonds. The van der Waals surface area contributed by atoms with Crippen molar-refractivity contribution in [2.45, 2.75) is 12.8 Å². The van der Waals surface area contributed by atoms with Gasteiger partial charge in [-0.25, -0.2) is 0 Å². The molecule has 1 aromatic carbocycles. The zero-order valence-corrected chi connectivity index (χ0v) is 8.16. The molecule has 0 radical (unpaired) electrons. The Kier molecular flexibility index (Phi) is 2.73. The highest BCUT2D eigenvalue weighted by Gasteiger charge is 2.14. The van der Waals surface area contributed by atoms with Gasteiger partial charge in [0.1, 0.15) is 13.2 Å². The number of rotatable bonds is 3. The Bertz CT molecular complexity index is 331. The molecule has 2 heteroatoms. The summed E-state index contributed by atoms with van der Waals surface area (Å²) in [7, 11) is 0. The molecule has 0 aromatic heterocycles. The molecule has 0 unspecified atom stereocenters. The van der Waals surface area contributed by atoms with Gasteiger partial charge in [-0.3, -0.25) is 0 Å². The topological polar surface area (TPSA) is 18.5 Å². The van der Waals surface area contributed by atoms with Crippen LogP contribution in [0.15, 0.2) is 30.9 Å². The van der Waals surface area contributed by atoms with Crippen molar-refractivity contribution in [3.63, 3.8) is 0 Å². The highest BCUT2D eigenvalue weighted by Crippen LogP contribution is 2.34. The quantitative estimate of drug-likeness (QED) is 0.682. The molecule has 1 aliphatic rings. The van der Waals surface area contributed by atoms with Crippen LogP contribution in [-0.4, -0.2) is 13.2 Å². The van der Waals surface area contributed by atoms with Crippen molar-refractivity contribution in [1.29, 1.82) is 0 Å². The summed E-state index contributed by atoms with van der Waals surface area (Å²) in [4.78, 5) is 0. The third kappa shape index (κ3) is 1.74. The zero-order chi connectivity index (χ0) is 9.80. The smallest absolute Gasteiger partial charge is 0.164 e. The molecule has 74 valence electrons. The first-order chi connectivity index (χ1) is 6.92. The van der Waals surface area contributed by atoms with Gasteiger partial charge in [0.05, 0.1) is 0 Å². The van der Waals surface area contributed by atoms with Crippen molar-refractivity contribution >= 4 is 0 Å². The molecule has 1 aromatic rings. The van der Waals surface area contributed by atoms with E-state index >= 15 is 0 Å². The van der Waals surface area contributed by atoms with Gasteiger partial charge in [0.2, 0.25) is 0 Å². The molecule has 0 bridgehead atoms. The van der Waals surface area contributed by atoms with Gasteiger partial charge in [-0.15, -0.1) is 6.58 Å². The number of ether oxygens (including phenoxy) is 2. The molecule has 0 atom stereocenters. The molecule has 14 heavy (non-hydrogen) atoms. The Hall–Kier alpha value is -1.44. The summed E-state index contributed by atoms with van der Waals surface area (Å²) in [5.74, 6) is 1.79. The van der Waals surface area contributed by atoms with Gasteiger partial charge in [-0.05, 0) is 24.5 Å². The van der Waals surface area contributed by atoms with Gasteiger partial charge in [0.25, 0.3) is 0 Å². The number of para-hydroxylation sites is 1. The number of hydrogen-bond donors (Lipinski definition) is 0. The molecule has 0 aliphatic carbocycles. The largest absolute Gasteiger partial charge is 0.486 e. The van der Waals surface area contributed by atoms with Gasteiger partial charge in [-0.2, -0.15) is 0 Å². The summed E-state index contributed by atoms with van der Waals surface area (Å²) in [5, 5.41) is 0. The standard InChI is InChI=1S/C12H14O2/c1-2-3-5-10-6-4-7-11-12(10)14-9-8-13-11/h2,4,6-7H,1,3,5,8-9H2. The van der Waals surface area contributed by atoms with Crippen LogP contribution >= 0.6 is 0 Å². The van der Waals surface area contributed by atoms with Crippen molar-refractivity contribution in [2.75, 3.05) is 13.2 Å². The van der Waals surface area contributed by atoms with Crippen LogP contribution in [0, 0.1) is 0 Å². The van der Waals surface area contributed by atoms with E-state index in [4.69, 9.17) is 9.47 Å². The monoisotopic (exact) mass is 190 g/mol. The minimum absolute atomic E-state index is 0.651. The molecule has 0 N–H and O–H groups in total. The second-order valence-electron chi connectivity index (χ2n) is 3.27. The first-order valence-electron chi connectivity index (χ1n) is 4.90. The highest BCUT2D eigenvalue weighted by atomic mass is 16.6. The molecule has 0 spiro atoms. The summed E-state index contributed by atoms with van der Waals surface area (Å²) in [6, 6.07) is 6.04. The van der Waals surface area contributed by atoms with Crippen molar-refractivity contribution in [3.05, 3.63) is 36.4 Å². The molecule has 0 saturated heterocycles. The lowest BCUT2D eigenvalue weighted by atomic mass is 10.1. The van der Waals surface area contributed by atoms with Gasteiger partial charge < -0.3 is 9.47 Å². The minimum atomic E-state index is 0.651. The zero-order valence-electron chi connectivity index (χ0n) is 8.16. The number of fused-ring (bicyclic) bond motifs is 1. The summed E-state index contributed by atoms with van der Waals surface area (Å²) in [6.07, 6.45) is 3.86. The van der Waals surface area contributed by atoms with E-state index in [1.165, 1.54) is 5.56 Å². The maximum atomic E-state index is 5.59. The normalized spacial score (nSPS) is 13.7. The summed E-state index contributed by atoms with van der Waals surface area (Å²) in [6.45, 7) is 5.02. The number of aryl methyl sites for hydroxylation is 1. The van der Waals surface area contributed by atoms with E-state index in [0.29, 0.717) is 13.2 Å². The van der Waals surface area contributed by atoms with E-state index in [-0.39, 0.29) is 0 Å². The lowest BCUT2D eigenvalue weighted by molar-refractivity contribution is 0.170. The van der Waals surface area contributed by atoms with Crippen molar-refractivity contribution < 1.29 is 9.47 Å². The average molecular weight is 190 g/mol. The number of benzene rings is 1. The first kappa shape index (κ1) is 9.13. The van der Waals surface area contributed by atoms with Gasteiger partial charge >= 0.3 is 0 Å². The van der Waals surface area contributed by atoms with Crippen LogP contribution in [0.5, 0.6) is 11.5 Å². The lowest BCUT2D eigenvalue weighted by Gasteiger charge is -2.20. The fourth-order valence-corrected chi connectivity index (χ4v) is 1.59. The average Bonchev–Trinajstić information content (AvgIpc) is 2.26. The number of allylic oxidation sites excluding steroid dienone is 1. The Morgan fingerprint density at radius 3 is 3.00 bits per heavy atom. The fraction of sp³-hybridized carbons (Fsp3) is 0.333. The van der Waals surface area contributed by atoms with Gasteiger partial charge in [0, 0.05) is 0 Å². The fourth-order valence-electron chi connectivity index (χ4n) is 1.59.